The highest BCUT2D eigenvalue weighted by Gasteiger charge is 2.36. The second-order valence-corrected chi connectivity index (χ2v) is 9.68. The molecule has 1 aliphatic carbocycles. The van der Waals surface area contributed by atoms with Gasteiger partial charge in [0.05, 0.1) is 10.2 Å². The molecule has 0 bridgehead atoms. The van der Waals surface area contributed by atoms with E-state index in [4.69, 9.17) is 0 Å². The zero-order valence-corrected chi connectivity index (χ0v) is 18.1. The van der Waals surface area contributed by atoms with E-state index >= 15 is 0 Å². The molecule has 7 nitrogen and oxygen atoms in total. The standard InChI is InChI=1S/C22H28N4O3S/c1-14-5-6-15-17(11-14)30-21(25-15)26-19(28)12-22(9-3-2-4-10-22)13-23-20(29)16-7-8-18(27)24-16/h5-6,11,16H,2-4,7-10,12-13H2,1H3,(H,23,29)(H,24,27)(H,25,26,28)/t16-/m1/s1. The lowest BCUT2D eigenvalue weighted by Gasteiger charge is -2.37. The van der Waals surface area contributed by atoms with Gasteiger partial charge in [-0.1, -0.05) is 36.7 Å². The number of carbonyl (C=O) groups is 3. The maximum absolute atomic E-state index is 12.9. The Balaban J connectivity index is 1.39. The lowest BCUT2D eigenvalue weighted by Crippen LogP contribution is -2.47. The molecule has 1 aliphatic heterocycles. The summed E-state index contributed by atoms with van der Waals surface area (Å²) >= 11 is 1.48. The summed E-state index contributed by atoms with van der Waals surface area (Å²) in [4.78, 5) is 41.2. The topological polar surface area (TPSA) is 100 Å². The van der Waals surface area contributed by atoms with Crippen molar-refractivity contribution in [3.63, 3.8) is 0 Å². The molecule has 1 saturated heterocycles. The van der Waals surface area contributed by atoms with Gasteiger partial charge in [-0.15, -0.1) is 0 Å². The number of hydrogen-bond acceptors (Lipinski definition) is 5. The zero-order valence-electron chi connectivity index (χ0n) is 17.3. The van der Waals surface area contributed by atoms with E-state index in [1.54, 1.807) is 0 Å². The highest BCUT2D eigenvalue weighted by atomic mass is 32.1. The van der Waals surface area contributed by atoms with Crippen LogP contribution in [0.1, 0.15) is 56.9 Å². The number of nitrogens with one attached hydrogen (secondary N) is 3. The molecule has 2 heterocycles. The number of aromatic nitrogens is 1. The minimum atomic E-state index is -0.446. The van der Waals surface area contributed by atoms with E-state index in [2.05, 4.69) is 27.0 Å². The summed E-state index contributed by atoms with van der Waals surface area (Å²) in [7, 11) is 0. The van der Waals surface area contributed by atoms with Crippen LogP contribution in [0.4, 0.5) is 5.13 Å². The van der Waals surface area contributed by atoms with Gasteiger partial charge in [-0.3, -0.25) is 14.4 Å². The Morgan fingerprint density at radius 3 is 2.80 bits per heavy atom. The molecule has 1 atom stereocenters. The zero-order chi connectivity index (χ0) is 21.1. The lowest BCUT2D eigenvalue weighted by atomic mass is 9.71. The second kappa shape index (κ2) is 8.71. The van der Waals surface area contributed by atoms with Crippen molar-refractivity contribution in [3.8, 4) is 0 Å². The fraction of sp³-hybridized carbons (Fsp3) is 0.545. The second-order valence-electron chi connectivity index (χ2n) is 8.65. The number of aryl methyl sites for hydroxylation is 1. The van der Waals surface area contributed by atoms with Crippen molar-refractivity contribution in [1.82, 2.24) is 15.6 Å². The fourth-order valence-electron chi connectivity index (χ4n) is 4.52. The maximum atomic E-state index is 12.9. The van der Waals surface area contributed by atoms with Crippen LogP contribution < -0.4 is 16.0 Å². The molecule has 3 N–H and O–H groups in total. The van der Waals surface area contributed by atoms with E-state index in [1.165, 1.54) is 16.9 Å². The number of fused-ring (bicyclic) bond motifs is 1. The molecular formula is C22H28N4O3S. The summed E-state index contributed by atoms with van der Waals surface area (Å²) in [5, 5.41) is 9.30. The summed E-state index contributed by atoms with van der Waals surface area (Å²) in [6.07, 6.45) is 6.40. The van der Waals surface area contributed by atoms with E-state index in [0.717, 1.165) is 42.3 Å². The molecule has 1 aromatic carbocycles. The molecule has 0 unspecified atom stereocenters. The van der Waals surface area contributed by atoms with Gasteiger partial charge in [0, 0.05) is 19.4 Å². The maximum Gasteiger partial charge on any atom is 0.242 e. The summed E-state index contributed by atoms with van der Waals surface area (Å²) < 4.78 is 1.06. The van der Waals surface area contributed by atoms with Crippen LogP contribution in [0.15, 0.2) is 18.2 Å². The van der Waals surface area contributed by atoms with Crippen LogP contribution in [0.5, 0.6) is 0 Å². The Kier molecular flexibility index (Phi) is 6.04. The van der Waals surface area contributed by atoms with Crippen LogP contribution in [0.25, 0.3) is 10.2 Å². The molecule has 2 aliphatic rings. The van der Waals surface area contributed by atoms with Gasteiger partial charge in [0.15, 0.2) is 5.13 Å². The fourth-order valence-corrected chi connectivity index (χ4v) is 5.50. The Morgan fingerprint density at radius 2 is 2.07 bits per heavy atom. The first-order chi connectivity index (χ1) is 14.4. The highest BCUT2D eigenvalue weighted by molar-refractivity contribution is 7.22. The Hall–Kier alpha value is -2.48. The van der Waals surface area contributed by atoms with Crippen molar-refractivity contribution in [2.75, 3.05) is 11.9 Å². The monoisotopic (exact) mass is 428 g/mol. The molecule has 4 rings (SSSR count). The van der Waals surface area contributed by atoms with E-state index in [9.17, 15) is 14.4 Å². The number of thiazole rings is 1. The summed E-state index contributed by atoms with van der Waals surface area (Å²) in [6.45, 7) is 2.50. The van der Waals surface area contributed by atoms with E-state index < -0.39 is 6.04 Å². The van der Waals surface area contributed by atoms with Gasteiger partial charge in [0.1, 0.15) is 6.04 Å². The van der Waals surface area contributed by atoms with Crippen molar-refractivity contribution in [1.29, 1.82) is 0 Å². The number of carbonyl (C=O) groups excluding carboxylic acids is 3. The first kappa shape index (κ1) is 20.8. The number of rotatable bonds is 6. The minimum Gasteiger partial charge on any atom is -0.354 e. The van der Waals surface area contributed by atoms with Gasteiger partial charge < -0.3 is 16.0 Å². The molecular weight excluding hydrogens is 400 g/mol. The lowest BCUT2D eigenvalue weighted by molar-refractivity contribution is -0.126. The van der Waals surface area contributed by atoms with Crippen LogP contribution in [-0.4, -0.2) is 35.3 Å². The van der Waals surface area contributed by atoms with Crippen LogP contribution in [0, 0.1) is 12.3 Å². The van der Waals surface area contributed by atoms with Gasteiger partial charge in [-0.2, -0.15) is 0 Å². The molecule has 0 radical (unpaired) electrons. The molecule has 3 amide bonds. The number of anilines is 1. The first-order valence-corrected chi connectivity index (χ1v) is 11.5. The number of hydrogen-bond donors (Lipinski definition) is 3. The molecule has 160 valence electrons. The Morgan fingerprint density at radius 1 is 1.27 bits per heavy atom. The predicted octanol–water partition coefficient (Wildman–Crippen LogP) is 3.28. The van der Waals surface area contributed by atoms with Gasteiger partial charge in [-0.05, 0) is 49.3 Å². The third-order valence-corrected chi connectivity index (χ3v) is 7.12. The van der Waals surface area contributed by atoms with Crippen LogP contribution in [0.2, 0.25) is 0 Å². The highest BCUT2D eigenvalue weighted by Crippen LogP contribution is 2.39. The number of amides is 3. The van der Waals surface area contributed by atoms with Gasteiger partial charge in [-0.25, -0.2) is 4.98 Å². The van der Waals surface area contributed by atoms with E-state index in [1.807, 2.05) is 19.1 Å². The van der Waals surface area contributed by atoms with Crippen molar-refractivity contribution in [2.24, 2.45) is 5.41 Å². The molecule has 0 spiro atoms. The summed E-state index contributed by atoms with van der Waals surface area (Å²) in [5.74, 6) is -0.281. The summed E-state index contributed by atoms with van der Waals surface area (Å²) in [5.41, 5.74) is 1.81. The van der Waals surface area contributed by atoms with E-state index in [0.29, 0.717) is 30.9 Å². The average molecular weight is 429 g/mol. The van der Waals surface area contributed by atoms with Crippen LogP contribution >= 0.6 is 11.3 Å². The molecule has 2 fully saturated rings. The van der Waals surface area contributed by atoms with Gasteiger partial charge in [0.25, 0.3) is 0 Å². The third-order valence-electron chi connectivity index (χ3n) is 6.19. The summed E-state index contributed by atoms with van der Waals surface area (Å²) in [6, 6.07) is 5.61. The normalized spacial score (nSPS) is 20.7. The third kappa shape index (κ3) is 4.80. The number of nitrogens with zero attached hydrogens (tertiary/aromatic N) is 1. The number of benzene rings is 1. The predicted molar refractivity (Wildman–Crippen MR) is 117 cm³/mol. The Labute approximate surface area is 180 Å². The molecule has 1 saturated carbocycles. The quantitative estimate of drug-likeness (QED) is 0.657. The van der Waals surface area contributed by atoms with E-state index in [-0.39, 0.29) is 23.1 Å². The SMILES string of the molecule is Cc1ccc2nc(NC(=O)CC3(CNC(=O)[C@H]4CCC(=O)N4)CCCCC3)sc2c1. The Bertz CT molecular complexity index is 964. The molecule has 1 aromatic heterocycles. The molecule has 8 heteroatoms. The van der Waals surface area contributed by atoms with Gasteiger partial charge >= 0.3 is 0 Å². The van der Waals surface area contributed by atoms with Crippen molar-refractivity contribution >= 4 is 44.4 Å². The van der Waals surface area contributed by atoms with Crippen LogP contribution in [0.3, 0.4) is 0 Å². The minimum absolute atomic E-state index is 0.0592. The van der Waals surface area contributed by atoms with Crippen molar-refractivity contribution in [3.05, 3.63) is 23.8 Å². The van der Waals surface area contributed by atoms with Gasteiger partial charge in [0.2, 0.25) is 17.7 Å². The first-order valence-electron chi connectivity index (χ1n) is 10.7. The molecule has 30 heavy (non-hydrogen) atoms. The van der Waals surface area contributed by atoms with Crippen molar-refractivity contribution < 1.29 is 14.4 Å². The van der Waals surface area contributed by atoms with Crippen LogP contribution in [-0.2, 0) is 14.4 Å². The largest absolute Gasteiger partial charge is 0.354 e. The van der Waals surface area contributed by atoms with Crippen molar-refractivity contribution in [2.45, 2.75) is 64.3 Å². The molecule has 2 aromatic rings. The smallest absolute Gasteiger partial charge is 0.242 e. The average Bonchev–Trinajstić information content (AvgIpc) is 3.32.